The molecule has 1 fully saturated rings. The van der Waals surface area contributed by atoms with Gasteiger partial charge in [-0.05, 0) is 43.6 Å². The number of ether oxygens (including phenoxy) is 1. The predicted octanol–water partition coefficient (Wildman–Crippen LogP) is 2.14. The first kappa shape index (κ1) is 14.8. The van der Waals surface area contributed by atoms with Crippen molar-refractivity contribution in [3.05, 3.63) is 29.3 Å². The van der Waals surface area contributed by atoms with E-state index >= 15 is 0 Å². The van der Waals surface area contributed by atoms with Crippen molar-refractivity contribution >= 4 is 0 Å². The minimum atomic E-state index is 0.596. The Morgan fingerprint density at radius 1 is 1.50 bits per heavy atom. The van der Waals surface area contributed by atoms with E-state index in [9.17, 15) is 0 Å². The number of benzene rings is 1. The summed E-state index contributed by atoms with van der Waals surface area (Å²) in [6, 6.07) is 8.62. The van der Waals surface area contributed by atoms with Crippen molar-refractivity contribution < 1.29 is 4.74 Å². The lowest BCUT2D eigenvalue weighted by Gasteiger charge is -2.34. The number of hydrogen-bond donors (Lipinski definition) is 1. The van der Waals surface area contributed by atoms with Gasteiger partial charge in [0.25, 0.3) is 0 Å². The second kappa shape index (κ2) is 7.28. The Labute approximate surface area is 121 Å². The van der Waals surface area contributed by atoms with Gasteiger partial charge in [-0.1, -0.05) is 13.0 Å². The first-order valence-electron chi connectivity index (χ1n) is 7.30. The third-order valence-electron chi connectivity index (χ3n) is 3.97. The molecule has 1 atom stereocenters. The summed E-state index contributed by atoms with van der Waals surface area (Å²) in [6.45, 7) is 6.36. The van der Waals surface area contributed by atoms with Crippen LogP contribution in [-0.4, -0.2) is 37.7 Å². The lowest BCUT2D eigenvalue weighted by Crippen LogP contribution is -2.45. The normalized spacial score (nSPS) is 18.8. The monoisotopic (exact) mass is 273 g/mol. The average molecular weight is 273 g/mol. The lowest BCUT2D eigenvalue weighted by molar-refractivity contribution is 0.166. The molecule has 0 bridgehead atoms. The summed E-state index contributed by atoms with van der Waals surface area (Å²) in [4.78, 5) is 2.49. The maximum atomic E-state index is 9.02. The van der Waals surface area contributed by atoms with Gasteiger partial charge in [-0.2, -0.15) is 5.26 Å². The van der Waals surface area contributed by atoms with Crippen LogP contribution in [0.5, 0.6) is 5.75 Å². The van der Waals surface area contributed by atoms with E-state index < -0.39 is 0 Å². The van der Waals surface area contributed by atoms with Crippen LogP contribution >= 0.6 is 0 Å². The third kappa shape index (κ3) is 3.50. The first-order valence-corrected chi connectivity index (χ1v) is 7.30. The van der Waals surface area contributed by atoms with Crippen LogP contribution in [0.4, 0.5) is 0 Å². The zero-order valence-electron chi connectivity index (χ0n) is 12.4. The van der Waals surface area contributed by atoms with Crippen molar-refractivity contribution in [2.75, 3.05) is 26.7 Å². The minimum Gasteiger partial charge on any atom is -0.495 e. The maximum Gasteiger partial charge on any atom is 0.136 e. The van der Waals surface area contributed by atoms with E-state index in [2.05, 4.69) is 23.2 Å². The highest BCUT2D eigenvalue weighted by Crippen LogP contribution is 2.21. The van der Waals surface area contributed by atoms with Gasteiger partial charge in [0, 0.05) is 19.1 Å². The molecule has 4 heteroatoms. The molecule has 0 radical (unpaired) electrons. The van der Waals surface area contributed by atoms with Crippen molar-refractivity contribution in [2.24, 2.45) is 0 Å². The first-order chi connectivity index (χ1) is 9.78. The Bertz CT molecular complexity index is 475. The predicted molar refractivity (Wildman–Crippen MR) is 79.7 cm³/mol. The Morgan fingerprint density at radius 2 is 2.35 bits per heavy atom. The van der Waals surface area contributed by atoms with Crippen molar-refractivity contribution in [3.8, 4) is 11.8 Å². The number of nitriles is 1. The molecule has 1 saturated heterocycles. The summed E-state index contributed by atoms with van der Waals surface area (Å²) in [7, 11) is 1.61. The van der Waals surface area contributed by atoms with E-state index in [1.165, 1.54) is 18.4 Å². The summed E-state index contributed by atoms with van der Waals surface area (Å²) < 4.78 is 5.28. The van der Waals surface area contributed by atoms with Gasteiger partial charge in [-0.25, -0.2) is 0 Å². The quantitative estimate of drug-likeness (QED) is 0.893. The largest absolute Gasteiger partial charge is 0.495 e. The summed E-state index contributed by atoms with van der Waals surface area (Å²) in [5.74, 6) is 0.669. The molecule has 1 heterocycles. The molecule has 1 unspecified atom stereocenters. The summed E-state index contributed by atoms with van der Waals surface area (Å²) in [5, 5.41) is 12.5. The zero-order valence-corrected chi connectivity index (χ0v) is 12.4. The molecule has 1 aromatic carbocycles. The lowest BCUT2D eigenvalue weighted by atomic mass is 10.0. The fourth-order valence-electron chi connectivity index (χ4n) is 2.81. The van der Waals surface area contributed by atoms with Gasteiger partial charge in [0.1, 0.15) is 11.8 Å². The van der Waals surface area contributed by atoms with E-state index in [4.69, 9.17) is 10.00 Å². The second-order valence-electron chi connectivity index (χ2n) is 5.21. The van der Waals surface area contributed by atoms with Crippen LogP contribution in [0.3, 0.4) is 0 Å². The zero-order chi connectivity index (χ0) is 14.4. The van der Waals surface area contributed by atoms with Gasteiger partial charge >= 0.3 is 0 Å². The average Bonchev–Trinajstić information content (AvgIpc) is 2.53. The van der Waals surface area contributed by atoms with Gasteiger partial charge in [-0.15, -0.1) is 0 Å². The Balaban J connectivity index is 2.09. The van der Waals surface area contributed by atoms with Crippen LogP contribution < -0.4 is 10.1 Å². The smallest absolute Gasteiger partial charge is 0.136 e. The van der Waals surface area contributed by atoms with E-state index in [0.29, 0.717) is 17.4 Å². The molecule has 0 aliphatic carbocycles. The van der Waals surface area contributed by atoms with Gasteiger partial charge in [0.2, 0.25) is 0 Å². The van der Waals surface area contributed by atoms with E-state index in [1.54, 1.807) is 7.11 Å². The molecule has 4 nitrogen and oxygen atoms in total. The molecule has 0 amide bonds. The van der Waals surface area contributed by atoms with Crippen molar-refractivity contribution in [1.29, 1.82) is 5.26 Å². The highest BCUT2D eigenvalue weighted by atomic mass is 16.5. The van der Waals surface area contributed by atoms with Crippen LogP contribution in [0.1, 0.15) is 30.9 Å². The standard InChI is InChI=1S/C16H23N3O/c1-3-19(15-5-4-8-18-11-15)12-13-6-7-14(10-17)16(9-13)20-2/h6-7,9,15,18H,3-5,8,11-12H2,1-2H3. The number of hydrogen-bond acceptors (Lipinski definition) is 4. The van der Waals surface area contributed by atoms with Crippen molar-refractivity contribution in [2.45, 2.75) is 32.4 Å². The number of rotatable bonds is 5. The molecule has 1 N–H and O–H groups in total. The second-order valence-corrected chi connectivity index (χ2v) is 5.21. The van der Waals surface area contributed by atoms with E-state index in [0.717, 1.165) is 26.2 Å². The molecule has 20 heavy (non-hydrogen) atoms. The third-order valence-corrected chi connectivity index (χ3v) is 3.97. The van der Waals surface area contributed by atoms with E-state index in [1.807, 2.05) is 18.2 Å². The molecule has 1 aliphatic heterocycles. The van der Waals surface area contributed by atoms with Gasteiger partial charge in [-0.3, -0.25) is 4.90 Å². The maximum absolute atomic E-state index is 9.02. The number of nitrogens with one attached hydrogen (secondary N) is 1. The molecule has 0 saturated carbocycles. The van der Waals surface area contributed by atoms with Crippen molar-refractivity contribution in [3.63, 3.8) is 0 Å². The molecule has 1 aromatic rings. The molecule has 2 rings (SSSR count). The molecular weight excluding hydrogens is 250 g/mol. The molecule has 1 aliphatic rings. The Hall–Kier alpha value is -1.57. The van der Waals surface area contributed by atoms with Gasteiger partial charge in [0.05, 0.1) is 12.7 Å². The number of piperidine rings is 1. The van der Waals surface area contributed by atoms with Gasteiger partial charge in [0.15, 0.2) is 0 Å². The molecular formula is C16H23N3O. The number of nitrogens with zero attached hydrogens (tertiary/aromatic N) is 2. The number of likely N-dealkylation sites (N-methyl/N-ethyl adjacent to an activating group) is 1. The summed E-state index contributed by atoms with van der Waals surface area (Å²) in [6.07, 6.45) is 2.51. The molecule has 0 spiro atoms. The van der Waals surface area contributed by atoms with Crippen LogP contribution in [-0.2, 0) is 6.54 Å². The Morgan fingerprint density at radius 3 is 2.95 bits per heavy atom. The molecule has 108 valence electrons. The minimum absolute atomic E-state index is 0.596. The van der Waals surface area contributed by atoms with Crippen LogP contribution in [0.15, 0.2) is 18.2 Å². The topological polar surface area (TPSA) is 48.3 Å². The summed E-state index contributed by atoms with van der Waals surface area (Å²) in [5.41, 5.74) is 1.80. The fourth-order valence-corrected chi connectivity index (χ4v) is 2.81. The number of methoxy groups -OCH3 is 1. The highest BCUT2D eigenvalue weighted by Gasteiger charge is 2.20. The molecule has 0 aromatic heterocycles. The van der Waals surface area contributed by atoms with Crippen molar-refractivity contribution in [1.82, 2.24) is 10.2 Å². The van der Waals surface area contributed by atoms with E-state index in [-0.39, 0.29) is 0 Å². The van der Waals surface area contributed by atoms with Crippen LogP contribution in [0.2, 0.25) is 0 Å². The van der Waals surface area contributed by atoms with Gasteiger partial charge < -0.3 is 10.1 Å². The summed E-state index contributed by atoms with van der Waals surface area (Å²) >= 11 is 0. The van der Waals surface area contributed by atoms with Crippen LogP contribution in [0, 0.1) is 11.3 Å². The SMILES string of the molecule is CCN(Cc1ccc(C#N)c(OC)c1)C1CCCNC1. The Kier molecular flexibility index (Phi) is 5.40. The van der Waals surface area contributed by atoms with Crippen LogP contribution in [0.25, 0.3) is 0 Å². The fraction of sp³-hybridized carbons (Fsp3) is 0.562. The highest BCUT2D eigenvalue weighted by molar-refractivity contribution is 5.45.